The van der Waals surface area contributed by atoms with Crippen molar-refractivity contribution in [2.75, 3.05) is 0 Å². The summed E-state index contributed by atoms with van der Waals surface area (Å²) in [6.45, 7) is 3.43. The number of hydrogen-bond acceptors (Lipinski definition) is 3. The van der Waals surface area contributed by atoms with Gasteiger partial charge in [-0.3, -0.25) is 4.98 Å². The topological polar surface area (TPSA) is 47.0 Å². The summed E-state index contributed by atoms with van der Waals surface area (Å²) in [5, 5.41) is 0. The molecule has 0 fully saturated rings. The van der Waals surface area contributed by atoms with Crippen LogP contribution in [-0.4, -0.2) is 18.9 Å². The average molecular weight is 315 g/mol. The van der Waals surface area contributed by atoms with Crippen LogP contribution in [0.5, 0.6) is 0 Å². The molecule has 0 radical (unpaired) electrons. The first-order valence-electron chi connectivity index (χ1n) is 5.99. The Kier molecular flexibility index (Phi) is 3.79. The lowest BCUT2D eigenvalue weighted by molar-refractivity contribution is -0.0436. The van der Waals surface area contributed by atoms with Gasteiger partial charge in [-0.15, -0.1) is 0 Å². The predicted octanol–water partition coefficient (Wildman–Crippen LogP) is 3.66. The Morgan fingerprint density at radius 2 is 1.71 bits per heavy atom. The van der Waals surface area contributed by atoms with Crippen LogP contribution in [0.15, 0.2) is 41.3 Å². The van der Waals surface area contributed by atoms with E-state index < -0.39 is 20.2 Å². The van der Waals surface area contributed by atoms with Gasteiger partial charge in [-0.2, -0.15) is 13.2 Å². The fraction of sp³-hybridized carbons (Fsp3) is 0.214. The molecule has 112 valence electrons. The van der Waals surface area contributed by atoms with Crippen molar-refractivity contribution in [3.05, 3.63) is 47.7 Å². The summed E-state index contributed by atoms with van der Waals surface area (Å²) in [4.78, 5) is 3.43. The number of hydrogen-bond donors (Lipinski definition) is 0. The fourth-order valence-corrected chi connectivity index (χ4v) is 2.66. The molecule has 0 saturated carbocycles. The van der Waals surface area contributed by atoms with E-state index in [1.165, 1.54) is 6.07 Å². The molecule has 1 heterocycles. The van der Waals surface area contributed by atoms with E-state index in [2.05, 4.69) is 4.98 Å². The first kappa shape index (κ1) is 15.5. The van der Waals surface area contributed by atoms with Gasteiger partial charge in [0.05, 0.1) is 10.6 Å². The maximum Gasteiger partial charge on any atom is 0.501 e. The molecule has 0 amide bonds. The Morgan fingerprint density at radius 3 is 2.29 bits per heavy atom. The van der Waals surface area contributed by atoms with Gasteiger partial charge < -0.3 is 0 Å². The minimum absolute atomic E-state index is 0.365. The van der Waals surface area contributed by atoms with Crippen molar-refractivity contribution < 1.29 is 21.6 Å². The molecule has 2 aromatic rings. The molecule has 0 N–H and O–H groups in total. The summed E-state index contributed by atoms with van der Waals surface area (Å²) in [5.41, 5.74) is -3.18. The second kappa shape index (κ2) is 5.14. The third-order valence-corrected chi connectivity index (χ3v) is 4.47. The van der Waals surface area contributed by atoms with Crippen molar-refractivity contribution in [2.24, 2.45) is 0 Å². The third kappa shape index (κ3) is 2.92. The van der Waals surface area contributed by atoms with E-state index in [4.69, 9.17) is 0 Å². The predicted molar refractivity (Wildman–Crippen MR) is 72.4 cm³/mol. The molecule has 0 spiro atoms. The lowest BCUT2D eigenvalue weighted by Crippen LogP contribution is -2.23. The quantitative estimate of drug-likeness (QED) is 0.849. The Labute approximate surface area is 120 Å². The summed E-state index contributed by atoms with van der Waals surface area (Å²) in [6, 6.07) is 8.39. The van der Waals surface area contributed by atoms with Crippen molar-refractivity contribution in [3.8, 4) is 11.3 Å². The lowest BCUT2D eigenvalue weighted by Gasteiger charge is -2.11. The second-order valence-electron chi connectivity index (χ2n) is 4.59. The van der Waals surface area contributed by atoms with E-state index in [0.29, 0.717) is 22.5 Å². The van der Waals surface area contributed by atoms with Crippen LogP contribution >= 0.6 is 0 Å². The van der Waals surface area contributed by atoms with Crippen molar-refractivity contribution in [3.63, 3.8) is 0 Å². The molecule has 21 heavy (non-hydrogen) atoms. The maximum atomic E-state index is 12.6. The highest BCUT2D eigenvalue weighted by atomic mass is 32.2. The number of halogens is 3. The van der Waals surface area contributed by atoms with E-state index in [9.17, 15) is 21.6 Å². The number of pyridine rings is 1. The molecular weight excluding hydrogens is 303 g/mol. The van der Waals surface area contributed by atoms with Gasteiger partial charge in [-0.25, -0.2) is 8.42 Å². The van der Waals surface area contributed by atoms with Crippen molar-refractivity contribution in [1.29, 1.82) is 0 Å². The molecule has 0 aliphatic carbocycles. The van der Waals surface area contributed by atoms with Gasteiger partial charge in [0.25, 0.3) is 9.84 Å². The monoisotopic (exact) mass is 315 g/mol. The molecule has 0 bridgehead atoms. The van der Waals surface area contributed by atoms with E-state index in [1.807, 2.05) is 0 Å². The van der Waals surface area contributed by atoms with Crippen molar-refractivity contribution in [1.82, 2.24) is 4.98 Å². The summed E-state index contributed by atoms with van der Waals surface area (Å²) < 4.78 is 60.8. The zero-order chi connectivity index (χ0) is 15.8. The first-order valence-corrected chi connectivity index (χ1v) is 7.47. The van der Waals surface area contributed by atoms with Crippen LogP contribution in [-0.2, 0) is 9.84 Å². The number of aryl methyl sites for hydroxylation is 2. The minimum Gasteiger partial charge on any atom is -0.253 e. The maximum absolute atomic E-state index is 12.6. The Bertz CT molecular complexity index is 783. The number of nitrogens with zero attached hydrogens (tertiary/aromatic N) is 1. The largest absolute Gasteiger partial charge is 0.501 e. The third-order valence-electron chi connectivity index (χ3n) is 2.99. The van der Waals surface area contributed by atoms with Gasteiger partial charge in [-0.1, -0.05) is 12.1 Å². The molecule has 0 aliphatic heterocycles. The normalized spacial score (nSPS) is 12.4. The number of rotatable bonds is 2. The highest BCUT2D eigenvalue weighted by Crippen LogP contribution is 2.33. The van der Waals surface area contributed by atoms with E-state index in [1.54, 1.807) is 32.0 Å². The molecule has 3 nitrogen and oxygen atoms in total. The van der Waals surface area contributed by atoms with Crippen LogP contribution in [0.25, 0.3) is 11.3 Å². The van der Waals surface area contributed by atoms with Crippen LogP contribution in [0.1, 0.15) is 11.3 Å². The van der Waals surface area contributed by atoms with Crippen LogP contribution < -0.4 is 0 Å². The van der Waals surface area contributed by atoms with E-state index in [-0.39, 0.29) is 0 Å². The molecule has 0 unspecified atom stereocenters. The lowest BCUT2D eigenvalue weighted by atomic mass is 10.1. The van der Waals surface area contributed by atoms with Gasteiger partial charge in [0.2, 0.25) is 0 Å². The second-order valence-corrected chi connectivity index (χ2v) is 6.53. The highest BCUT2D eigenvalue weighted by molar-refractivity contribution is 7.92. The van der Waals surface area contributed by atoms with Crippen molar-refractivity contribution in [2.45, 2.75) is 24.3 Å². The SMILES string of the molecule is Cc1cccc(-c2cc(S(=O)(=O)C(F)(F)F)ccc2C)n1. The van der Waals surface area contributed by atoms with Gasteiger partial charge >= 0.3 is 5.51 Å². The average Bonchev–Trinajstić information content (AvgIpc) is 2.37. The van der Waals surface area contributed by atoms with Gasteiger partial charge in [0.15, 0.2) is 0 Å². The Morgan fingerprint density at radius 1 is 1.05 bits per heavy atom. The Balaban J connectivity index is 2.64. The molecule has 0 aliphatic rings. The van der Waals surface area contributed by atoms with E-state index >= 15 is 0 Å². The number of benzene rings is 1. The molecule has 1 aromatic carbocycles. The minimum atomic E-state index is -5.36. The van der Waals surface area contributed by atoms with Gasteiger partial charge in [0.1, 0.15) is 0 Å². The number of aromatic nitrogens is 1. The van der Waals surface area contributed by atoms with Crippen LogP contribution in [0.2, 0.25) is 0 Å². The smallest absolute Gasteiger partial charge is 0.253 e. The van der Waals surface area contributed by atoms with Crippen molar-refractivity contribution >= 4 is 9.84 Å². The van der Waals surface area contributed by atoms with Crippen LogP contribution in [0, 0.1) is 13.8 Å². The summed E-state index contributed by atoms with van der Waals surface area (Å²) in [6.07, 6.45) is 0. The first-order chi connectivity index (χ1) is 9.63. The van der Waals surface area contributed by atoms with E-state index in [0.717, 1.165) is 12.1 Å². The molecule has 2 rings (SSSR count). The zero-order valence-corrected chi connectivity index (χ0v) is 12.1. The highest BCUT2D eigenvalue weighted by Gasteiger charge is 2.46. The molecule has 1 aromatic heterocycles. The molecule has 7 heteroatoms. The van der Waals surface area contributed by atoms with Gasteiger partial charge in [0, 0.05) is 11.3 Å². The fourth-order valence-electron chi connectivity index (χ4n) is 1.87. The zero-order valence-electron chi connectivity index (χ0n) is 11.3. The summed E-state index contributed by atoms with van der Waals surface area (Å²) in [5.74, 6) is 0. The Hall–Kier alpha value is -1.89. The van der Waals surface area contributed by atoms with Gasteiger partial charge in [-0.05, 0) is 43.7 Å². The summed E-state index contributed by atoms with van der Waals surface area (Å²) in [7, 11) is -5.36. The van der Waals surface area contributed by atoms with Crippen LogP contribution in [0.4, 0.5) is 13.2 Å². The number of sulfone groups is 1. The summed E-state index contributed by atoms with van der Waals surface area (Å²) >= 11 is 0. The molecule has 0 atom stereocenters. The van der Waals surface area contributed by atoms with Crippen LogP contribution in [0.3, 0.4) is 0 Å². The molecular formula is C14H12F3NO2S. The molecule has 0 saturated heterocycles. The number of alkyl halides is 3. The standard InChI is InChI=1S/C14H12F3NO2S/c1-9-6-7-11(21(19,20)14(15,16)17)8-12(9)13-5-3-4-10(2)18-13/h3-8H,1-2H3.